The van der Waals surface area contributed by atoms with Gasteiger partial charge in [0.05, 0.1) is 5.69 Å². The van der Waals surface area contributed by atoms with Gasteiger partial charge in [-0.2, -0.15) is 4.37 Å². The Kier molecular flexibility index (Phi) is 4.49. The van der Waals surface area contributed by atoms with Crippen molar-refractivity contribution in [1.29, 1.82) is 0 Å². The molecule has 0 bridgehead atoms. The Hall–Kier alpha value is -2.48. The van der Waals surface area contributed by atoms with E-state index in [1.165, 1.54) is 24.3 Å². The molecule has 6 nitrogen and oxygen atoms in total. The molecule has 0 atom stereocenters. The zero-order valence-electron chi connectivity index (χ0n) is 10.9. The van der Waals surface area contributed by atoms with Gasteiger partial charge >= 0.3 is 5.97 Å². The molecule has 21 heavy (non-hydrogen) atoms. The molecule has 110 valence electrons. The monoisotopic (exact) mass is 310 g/mol. The van der Waals surface area contributed by atoms with E-state index in [0.717, 1.165) is 11.5 Å². The molecule has 1 aromatic heterocycles. The number of hydrogen-bond donors (Lipinski definition) is 2. The highest BCUT2D eigenvalue weighted by Gasteiger charge is 2.19. The number of aryl methyl sites for hydroxylation is 1. The van der Waals surface area contributed by atoms with Gasteiger partial charge in [-0.05, 0) is 42.7 Å². The predicted octanol–water partition coefficient (Wildman–Crippen LogP) is 2.31. The average molecular weight is 310 g/mol. The van der Waals surface area contributed by atoms with Gasteiger partial charge in [-0.25, -0.2) is 9.18 Å². The molecule has 0 aliphatic heterocycles. The molecule has 0 fully saturated rings. The fraction of sp³-hybridized carbons (Fsp3) is 0.154. The summed E-state index contributed by atoms with van der Waals surface area (Å²) in [6.45, 7) is 1.23. The lowest BCUT2D eigenvalue weighted by Crippen LogP contribution is -2.20. The summed E-state index contributed by atoms with van der Waals surface area (Å²) in [4.78, 5) is 22.8. The lowest BCUT2D eigenvalue weighted by atomic mass is 10.2. The van der Waals surface area contributed by atoms with Gasteiger partial charge in [0.15, 0.2) is 6.61 Å². The van der Waals surface area contributed by atoms with Crippen LogP contribution in [0.3, 0.4) is 0 Å². The van der Waals surface area contributed by atoms with Crippen LogP contribution < -0.4 is 10.1 Å². The van der Waals surface area contributed by atoms with Crippen molar-refractivity contribution in [3.8, 4) is 5.75 Å². The summed E-state index contributed by atoms with van der Waals surface area (Å²) in [6, 6.07) is 5.20. The highest BCUT2D eigenvalue weighted by molar-refractivity contribution is 7.11. The van der Waals surface area contributed by atoms with Gasteiger partial charge in [0.25, 0.3) is 5.91 Å². The van der Waals surface area contributed by atoms with Crippen molar-refractivity contribution in [3.05, 3.63) is 41.3 Å². The van der Waals surface area contributed by atoms with E-state index in [2.05, 4.69) is 9.69 Å². The second-order valence-corrected chi connectivity index (χ2v) is 4.84. The summed E-state index contributed by atoms with van der Waals surface area (Å²) in [7, 11) is 0. The van der Waals surface area contributed by atoms with E-state index < -0.39 is 17.7 Å². The number of carbonyl (C=O) groups is 2. The topological polar surface area (TPSA) is 88.5 Å². The normalized spacial score (nSPS) is 10.2. The molecule has 0 unspecified atom stereocenters. The third kappa shape index (κ3) is 3.76. The zero-order chi connectivity index (χ0) is 15.4. The fourth-order valence-electron chi connectivity index (χ4n) is 1.55. The first-order valence-corrected chi connectivity index (χ1v) is 6.62. The Morgan fingerprint density at radius 1 is 1.38 bits per heavy atom. The molecular weight excluding hydrogens is 299 g/mol. The van der Waals surface area contributed by atoms with E-state index in [-0.39, 0.29) is 17.2 Å². The van der Waals surface area contributed by atoms with E-state index in [0.29, 0.717) is 11.4 Å². The first-order valence-electron chi connectivity index (χ1n) is 5.85. The number of carboxylic acids is 1. The zero-order valence-corrected chi connectivity index (χ0v) is 11.7. The molecule has 1 aromatic carbocycles. The molecule has 2 N–H and O–H groups in total. The fourth-order valence-corrected chi connectivity index (χ4v) is 2.35. The number of benzene rings is 1. The third-order valence-corrected chi connectivity index (χ3v) is 3.37. The van der Waals surface area contributed by atoms with Crippen molar-refractivity contribution >= 4 is 28.4 Å². The van der Waals surface area contributed by atoms with Gasteiger partial charge in [-0.3, -0.25) is 4.79 Å². The molecule has 0 spiro atoms. The lowest BCUT2D eigenvalue weighted by Gasteiger charge is -2.06. The Morgan fingerprint density at radius 2 is 2.05 bits per heavy atom. The number of carboxylic acid groups (broad SMARTS) is 1. The number of hydrogen-bond acceptors (Lipinski definition) is 5. The molecule has 0 aliphatic carbocycles. The van der Waals surface area contributed by atoms with Crippen LogP contribution in [0.2, 0.25) is 0 Å². The standard InChI is InChI=1S/C13H11FN2O4S/c1-7-11(13(18)19)12(21-16-7)15-10(17)6-20-9-4-2-8(14)3-5-9/h2-5H,6H2,1H3,(H,15,17)(H,18,19). The van der Waals surface area contributed by atoms with Gasteiger partial charge in [0, 0.05) is 0 Å². The van der Waals surface area contributed by atoms with Crippen LogP contribution in [0.15, 0.2) is 24.3 Å². The molecule has 8 heteroatoms. The van der Waals surface area contributed by atoms with Crippen LogP contribution in [0.5, 0.6) is 5.75 Å². The average Bonchev–Trinajstić information content (AvgIpc) is 2.79. The van der Waals surface area contributed by atoms with Crippen LogP contribution in [-0.2, 0) is 4.79 Å². The molecular formula is C13H11FN2O4S. The Labute approximate surface area is 123 Å². The first kappa shape index (κ1) is 14.9. The second kappa shape index (κ2) is 6.31. The van der Waals surface area contributed by atoms with Crippen molar-refractivity contribution in [2.75, 3.05) is 11.9 Å². The number of anilines is 1. The number of aromatic nitrogens is 1. The number of nitrogens with zero attached hydrogens (tertiary/aromatic N) is 1. The number of halogens is 1. The first-order chi connectivity index (χ1) is 9.97. The summed E-state index contributed by atoms with van der Waals surface area (Å²) < 4.78 is 21.7. The second-order valence-electron chi connectivity index (χ2n) is 4.07. The maximum Gasteiger partial charge on any atom is 0.340 e. The summed E-state index contributed by atoms with van der Waals surface area (Å²) in [6.07, 6.45) is 0. The van der Waals surface area contributed by atoms with E-state index >= 15 is 0 Å². The van der Waals surface area contributed by atoms with Gasteiger partial charge in [0.2, 0.25) is 0 Å². The third-order valence-electron chi connectivity index (χ3n) is 2.51. The van der Waals surface area contributed by atoms with E-state index in [1.807, 2.05) is 0 Å². The van der Waals surface area contributed by atoms with Crippen LogP contribution in [-0.4, -0.2) is 28.0 Å². The minimum atomic E-state index is -1.16. The summed E-state index contributed by atoms with van der Waals surface area (Å²) in [5.41, 5.74) is 0.303. The van der Waals surface area contributed by atoms with Crippen molar-refractivity contribution in [2.45, 2.75) is 6.92 Å². The van der Waals surface area contributed by atoms with Gasteiger partial charge in [-0.1, -0.05) is 0 Å². The molecule has 0 radical (unpaired) electrons. The summed E-state index contributed by atoms with van der Waals surface area (Å²) in [5, 5.41) is 11.6. The molecule has 0 aliphatic rings. The van der Waals surface area contributed by atoms with Crippen LogP contribution in [0.1, 0.15) is 16.1 Å². The minimum absolute atomic E-state index is 0.0323. The van der Waals surface area contributed by atoms with Crippen molar-refractivity contribution in [1.82, 2.24) is 4.37 Å². The summed E-state index contributed by atoms with van der Waals surface area (Å²) >= 11 is 0.889. The molecule has 2 rings (SSSR count). The van der Waals surface area contributed by atoms with Crippen molar-refractivity contribution in [2.24, 2.45) is 0 Å². The largest absolute Gasteiger partial charge is 0.484 e. The van der Waals surface area contributed by atoms with Crippen LogP contribution in [0.4, 0.5) is 9.39 Å². The molecule has 1 heterocycles. The van der Waals surface area contributed by atoms with E-state index in [9.17, 15) is 14.0 Å². The number of rotatable bonds is 5. The van der Waals surface area contributed by atoms with Crippen LogP contribution in [0, 0.1) is 12.7 Å². The highest BCUT2D eigenvalue weighted by atomic mass is 32.1. The molecule has 0 saturated carbocycles. The Balaban J connectivity index is 1.96. The number of aromatic carboxylic acids is 1. The molecule has 1 amide bonds. The lowest BCUT2D eigenvalue weighted by molar-refractivity contribution is -0.118. The van der Waals surface area contributed by atoms with E-state index in [1.54, 1.807) is 6.92 Å². The van der Waals surface area contributed by atoms with Gasteiger partial charge < -0.3 is 15.2 Å². The van der Waals surface area contributed by atoms with Crippen molar-refractivity contribution < 1.29 is 23.8 Å². The van der Waals surface area contributed by atoms with E-state index in [4.69, 9.17) is 9.84 Å². The maximum atomic E-state index is 12.7. The van der Waals surface area contributed by atoms with Crippen LogP contribution in [0.25, 0.3) is 0 Å². The SMILES string of the molecule is Cc1nsc(NC(=O)COc2ccc(F)cc2)c1C(=O)O. The predicted molar refractivity (Wildman–Crippen MR) is 74.3 cm³/mol. The smallest absolute Gasteiger partial charge is 0.340 e. The maximum absolute atomic E-state index is 12.7. The Bertz CT molecular complexity index is 669. The number of ether oxygens (including phenoxy) is 1. The highest BCUT2D eigenvalue weighted by Crippen LogP contribution is 2.24. The number of amides is 1. The minimum Gasteiger partial charge on any atom is -0.484 e. The molecule has 0 saturated heterocycles. The Morgan fingerprint density at radius 3 is 2.67 bits per heavy atom. The van der Waals surface area contributed by atoms with Crippen LogP contribution >= 0.6 is 11.5 Å². The van der Waals surface area contributed by atoms with Crippen molar-refractivity contribution in [3.63, 3.8) is 0 Å². The quantitative estimate of drug-likeness (QED) is 0.884. The number of nitrogens with one attached hydrogen (secondary N) is 1. The number of carbonyl (C=O) groups excluding carboxylic acids is 1. The van der Waals surface area contributed by atoms with Gasteiger partial charge in [0.1, 0.15) is 22.1 Å². The van der Waals surface area contributed by atoms with Gasteiger partial charge in [-0.15, -0.1) is 0 Å². The summed E-state index contributed by atoms with van der Waals surface area (Å²) in [5.74, 6) is -1.75. The molecule has 2 aromatic rings.